The predicted molar refractivity (Wildman–Crippen MR) is 181 cm³/mol. The molecule has 0 saturated carbocycles. The van der Waals surface area contributed by atoms with Gasteiger partial charge in [-0.15, -0.1) is 0 Å². The zero-order valence-corrected chi connectivity index (χ0v) is 31.0. The average Bonchev–Trinajstić information content (AvgIpc) is 3.50. The van der Waals surface area contributed by atoms with E-state index in [9.17, 15) is 67.2 Å². The van der Waals surface area contributed by atoms with Crippen molar-refractivity contribution in [2.45, 2.75) is 63.3 Å². The van der Waals surface area contributed by atoms with Crippen molar-refractivity contribution in [3.8, 4) is 0 Å². The third kappa shape index (κ3) is 12.2. The van der Waals surface area contributed by atoms with Gasteiger partial charge in [-0.25, -0.2) is 9.36 Å². The minimum absolute atomic E-state index is 0.142. The fraction of sp³-hybridized carbons (Fsp3) is 0.289. The van der Waals surface area contributed by atoms with Crippen LogP contribution in [0, 0.1) is 0 Å². The highest BCUT2D eigenvalue weighted by Gasteiger charge is 2.47. The smallest absolute Gasteiger partial charge is 0.475 e. The third-order valence-electron chi connectivity index (χ3n) is 8.26. The lowest BCUT2D eigenvalue weighted by molar-refractivity contribution is -0.149. The van der Waals surface area contributed by atoms with E-state index in [0.29, 0.717) is 36.4 Å². The lowest BCUT2D eigenvalue weighted by Crippen LogP contribution is -2.35. The summed E-state index contributed by atoms with van der Waals surface area (Å²) in [5, 5.41) is 10.4. The van der Waals surface area contributed by atoms with E-state index in [-0.39, 0.29) is 22.3 Å². The van der Waals surface area contributed by atoms with Crippen LogP contribution < -0.4 is 0 Å². The quantitative estimate of drug-likeness (QED) is 0.0668. The van der Waals surface area contributed by atoms with Gasteiger partial charge in [-0.05, 0) is 70.8 Å². The number of benzene rings is 4. The van der Waals surface area contributed by atoms with Crippen LogP contribution in [-0.2, 0) is 88.3 Å². The second-order valence-electron chi connectivity index (χ2n) is 12.7. The van der Waals surface area contributed by atoms with Crippen LogP contribution in [-0.4, -0.2) is 29.9 Å². The highest BCUT2D eigenvalue weighted by molar-refractivity contribution is 7.48. The summed E-state index contributed by atoms with van der Waals surface area (Å²) in [6, 6.07) is 14.1. The molecule has 0 bridgehead atoms. The topological polar surface area (TPSA) is 110 Å². The molecule has 0 fully saturated rings. The molecule has 22 heteroatoms. The molecule has 2 atom stereocenters. The summed E-state index contributed by atoms with van der Waals surface area (Å²) < 4.78 is 207. The lowest BCUT2D eigenvalue weighted by Gasteiger charge is -2.27. The summed E-state index contributed by atoms with van der Waals surface area (Å²) in [7, 11) is -5.30. The molecule has 1 N–H and O–H groups in total. The molecule has 0 spiro atoms. The number of hydrogen-bond acceptors (Lipinski definition) is 9. The van der Waals surface area contributed by atoms with E-state index < -0.39 is 118 Å². The molecule has 1 heterocycles. The van der Waals surface area contributed by atoms with Crippen molar-refractivity contribution < 1.29 is 94.9 Å². The maximum Gasteiger partial charge on any atom is 0.475 e. The van der Waals surface area contributed by atoms with E-state index in [1.807, 2.05) is 0 Å². The molecule has 9 nitrogen and oxygen atoms in total. The SMILES string of the molecule is O=C1OC(C(CO)OP(=O)(OCc2cccc(C(F)(F)F)c2)OCc2cccc(C(F)(F)F)c2)C(OCc2cccc(C(F)(F)F)c2)=C1OCc1cccc(C(F)(F)F)c1. The number of aliphatic hydroxyl groups excluding tert-OH is 1. The lowest BCUT2D eigenvalue weighted by atomic mass is 10.1. The Bertz CT molecular complexity index is 2150. The summed E-state index contributed by atoms with van der Waals surface area (Å²) >= 11 is 0. The van der Waals surface area contributed by atoms with Gasteiger partial charge in [0.25, 0.3) is 0 Å². The van der Waals surface area contributed by atoms with Crippen LogP contribution in [0.5, 0.6) is 0 Å². The van der Waals surface area contributed by atoms with Gasteiger partial charge in [0.15, 0.2) is 11.9 Å². The Morgan fingerprint density at radius 2 is 0.917 bits per heavy atom. The van der Waals surface area contributed by atoms with Gasteiger partial charge in [0.05, 0.1) is 42.1 Å². The molecule has 1 aliphatic heterocycles. The average molecular weight is 889 g/mol. The molecule has 4 aromatic carbocycles. The van der Waals surface area contributed by atoms with Crippen molar-refractivity contribution in [1.82, 2.24) is 0 Å². The minimum Gasteiger partial charge on any atom is -0.485 e. The number of aliphatic hydroxyl groups is 1. The van der Waals surface area contributed by atoms with E-state index in [1.165, 1.54) is 12.1 Å². The molecule has 0 saturated heterocycles. The minimum atomic E-state index is -5.30. The molecular weight excluding hydrogens is 859 g/mol. The van der Waals surface area contributed by atoms with Crippen molar-refractivity contribution in [2.24, 2.45) is 0 Å². The van der Waals surface area contributed by atoms with Crippen molar-refractivity contribution in [1.29, 1.82) is 0 Å². The van der Waals surface area contributed by atoms with Gasteiger partial charge in [0.1, 0.15) is 19.3 Å². The van der Waals surface area contributed by atoms with Gasteiger partial charge in [-0.1, -0.05) is 48.5 Å². The Balaban J connectivity index is 1.48. The van der Waals surface area contributed by atoms with Crippen LogP contribution in [0.4, 0.5) is 52.7 Å². The number of alkyl halides is 12. The normalized spacial score (nSPS) is 15.9. The Morgan fingerprint density at radius 1 is 0.567 bits per heavy atom. The number of halogens is 12. The Kier molecular flexibility index (Phi) is 14.0. The maximum atomic E-state index is 14.2. The molecular formula is C38H29F12O9P. The van der Waals surface area contributed by atoms with E-state index in [0.717, 1.165) is 48.5 Å². The van der Waals surface area contributed by atoms with Crippen molar-refractivity contribution in [3.63, 3.8) is 0 Å². The zero-order chi connectivity index (χ0) is 44.1. The van der Waals surface area contributed by atoms with E-state index in [4.69, 9.17) is 27.8 Å². The summed E-state index contributed by atoms with van der Waals surface area (Å²) in [4.78, 5) is 13.2. The Morgan fingerprint density at radius 3 is 1.27 bits per heavy atom. The number of carbonyl (C=O) groups excluding carboxylic acids is 1. The van der Waals surface area contributed by atoms with Crippen molar-refractivity contribution in [2.75, 3.05) is 6.61 Å². The van der Waals surface area contributed by atoms with E-state index in [2.05, 4.69) is 0 Å². The van der Waals surface area contributed by atoms with Crippen LogP contribution in [0.1, 0.15) is 44.5 Å². The molecule has 60 heavy (non-hydrogen) atoms. The number of phosphoric ester groups is 1. The van der Waals surface area contributed by atoms with Gasteiger partial charge in [0.2, 0.25) is 5.76 Å². The van der Waals surface area contributed by atoms with Crippen LogP contribution in [0.2, 0.25) is 0 Å². The van der Waals surface area contributed by atoms with Gasteiger partial charge in [0, 0.05) is 0 Å². The first-order valence-electron chi connectivity index (χ1n) is 17.0. The molecule has 0 aromatic heterocycles. The monoisotopic (exact) mass is 888 g/mol. The molecule has 0 amide bonds. The second kappa shape index (κ2) is 18.3. The summed E-state index contributed by atoms with van der Waals surface area (Å²) in [5.41, 5.74) is -5.34. The molecule has 5 rings (SSSR count). The van der Waals surface area contributed by atoms with E-state index in [1.54, 1.807) is 0 Å². The van der Waals surface area contributed by atoms with Gasteiger partial charge >= 0.3 is 38.5 Å². The fourth-order valence-corrected chi connectivity index (χ4v) is 6.72. The number of carbonyl (C=O) groups is 1. The van der Waals surface area contributed by atoms with Gasteiger partial charge in [-0.3, -0.25) is 13.6 Å². The summed E-state index contributed by atoms with van der Waals surface area (Å²) in [6.45, 7) is -4.77. The van der Waals surface area contributed by atoms with Gasteiger partial charge in [-0.2, -0.15) is 52.7 Å². The zero-order valence-electron chi connectivity index (χ0n) is 30.1. The number of hydrogen-bond donors (Lipinski definition) is 1. The summed E-state index contributed by atoms with van der Waals surface area (Å²) in [6.07, 6.45) is -23.4. The summed E-state index contributed by atoms with van der Waals surface area (Å²) in [5.74, 6) is -3.04. The van der Waals surface area contributed by atoms with Crippen molar-refractivity contribution >= 4 is 13.8 Å². The first kappa shape index (κ1) is 46.0. The molecule has 0 aliphatic carbocycles. The largest absolute Gasteiger partial charge is 0.485 e. The molecule has 0 radical (unpaired) electrons. The third-order valence-corrected chi connectivity index (χ3v) is 9.68. The first-order valence-corrected chi connectivity index (χ1v) is 18.4. The van der Waals surface area contributed by atoms with Crippen LogP contribution in [0.15, 0.2) is 109 Å². The van der Waals surface area contributed by atoms with Crippen LogP contribution in [0.3, 0.4) is 0 Å². The first-order chi connectivity index (χ1) is 27.9. The Hall–Kier alpha value is -5.08. The number of phosphoric acid groups is 1. The number of esters is 1. The number of rotatable bonds is 16. The highest BCUT2D eigenvalue weighted by atomic mass is 31.2. The number of ether oxygens (including phenoxy) is 3. The molecule has 2 unspecified atom stereocenters. The molecule has 4 aromatic rings. The van der Waals surface area contributed by atoms with Crippen LogP contribution in [0.25, 0.3) is 0 Å². The van der Waals surface area contributed by atoms with Crippen LogP contribution >= 0.6 is 7.82 Å². The highest BCUT2D eigenvalue weighted by Crippen LogP contribution is 2.53. The maximum absolute atomic E-state index is 14.2. The van der Waals surface area contributed by atoms with Crippen molar-refractivity contribution in [3.05, 3.63) is 153 Å². The number of cyclic esters (lactones) is 1. The van der Waals surface area contributed by atoms with E-state index >= 15 is 0 Å². The Labute approximate surface area is 331 Å². The molecule has 324 valence electrons. The molecule has 1 aliphatic rings. The standard InChI is InChI=1S/C38H29F12O9P/c39-35(40,41)26-9-1-5-22(13-26)18-54-32-31(58-34(52)33(32)55-19-23-6-2-10-27(14-23)36(42,43)44)30(17-51)59-60(53,56-20-24-7-3-11-28(15-24)37(45,46)47)57-21-25-8-4-12-29(16-25)38(48,49)50/h1-16,30-31,51H,17-21H2. The predicted octanol–water partition coefficient (Wildman–Crippen LogP) is 10.6. The second-order valence-corrected chi connectivity index (χ2v) is 14.3. The fourth-order valence-electron chi connectivity index (χ4n) is 5.40. The van der Waals surface area contributed by atoms with Gasteiger partial charge < -0.3 is 19.3 Å².